The smallest absolute Gasteiger partial charge is 0.240 e. The molecule has 22 heavy (non-hydrogen) atoms. The highest BCUT2D eigenvalue weighted by molar-refractivity contribution is 7.89. The van der Waals surface area contributed by atoms with Gasteiger partial charge in [0.2, 0.25) is 15.9 Å². The molecule has 1 aliphatic rings. The highest BCUT2D eigenvalue weighted by Crippen LogP contribution is 2.22. The van der Waals surface area contributed by atoms with Crippen molar-refractivity contribution in [2.45, 2.75) is 63.3 Å². The summed E-state index contributed by atoms with van der Waals surface area (Å²) in [5.41, 5.74) is 1.37. The van der Waals surface area contributed by atoms with E-state index in [1.165, 1.54) is 25.8 Å². The molecule has 2 rings (SSSR count). The number of aryl methyl sites for hydroxylation is 1. The van der Waals surface area contributed by atoms with Crippen molar-refractivity contribution in [1.82, 2.24) is 4.72 Å². The molecule has 2 N–H and O–H groups in total. The number of carbonyl (C=O) groups is 1. The average molecular weight is 324 g/mol. The summed E-state index contributed by atoms with van der Waals surface area (Å²) < 4.78 is 27.8. The van der Waals surface area contributed by atoms with E-state index in [1.54, 1.807) is 19.1 Å². The first-order valence-electron chi connectivity index (χ1n) is 7.79. The maximum Gasteiger partial charge on any atom is 0.240 e. The molecule has 5 nitrogen and oxygen atoms in total. The van der Waals surface area contributed by atoms with Crippen molar-refractivity contribution in [3.05, 3.63) is 23.8 Å². The summed E-state index contributed by atoms with van der Waals surface area (Å²) >= 11 is 0. The number of sulfonamides is 1. The molecule has 0 heterocycles. The van der Waals surface area contributed by atoms with E-state index >= 15 is 0 Å². The molecule has 0 aliphatic heterocycles. The maximum absolute atomic E-state index is 12.5. The van der Waals surface area contributed by atoms with Gasteiger partial charge in [0.1, 0.15) is 0 Å². The highest BCUT2D eigenvalue weighted by atomic mass is 32.2. The second-order valence-electron chi connectivity index (χ2n) is 5.97. The lowest BCUT2D eigenvalue weighted by Crippen LogP contribution is -2.34. The molecule has 6 heteroatoms. The molecule has 0 aromatic heterocycles. The van der Waals surface area contributed by atoms with Crippen LogP contribution in [0.25, 0.3) is 0 Å². The summed E-state index contributed by atoms with van der Waals surface area (Å²) in [6, 6.07) is 4.81. The van der Waals surface area contributed by atoms with Crippen LogP contribution in [-0.4, -0.2) is 20.4 Å². The molecule has 1 aliphatic carbocycles. The van der Waals surface area contributed by atoms with Crippen molar-refractivity contribution >= 4 is 21.6 Å². The van der Waals surface area contributed by atoms with Gasteiger partial charge in [0.15, 0.2) is 0 Å². The van der Waals surface area contributed by atoms with E-state index in [0.717, 1.165) is 31.2 Å². The monoisotopic (exact) mass is 324 g/mol. The summed E-state index contributed by atoms with van der Waals surface area (Å²) in [6.45, 7) is 3.22. The number of hydrogen-bond acceptors (Lipinski definition) is 3. The normalized spacial score (nSPS) is 17.0. The van der Waals surface area contributed by atoms with Crippen LogP contribution in [0.15, 0.2) is 23.1 Å². The van der Waals surface area contributed by atoms with Crippen molar-refractivity contribution in [2.24, 2.45) is 0 Å². The topological polar surface area (TPSA) is 75.3 Å². The minimum absolute atomic E-state index is 0.0304. The number of amides is 1. The summed E-state index contributed by atoms with van der Waals surface area (Å²) in [7, 11) is -3.51. The molecule has 0 bridgehead atoms. The van der Waals surface area contributed by atoms with E-state index in [-0.39, 0.29) is 16.8 Å². The number of benzene rings is 1. The van der Waals surface area contributed by atoms with Crippen molar-refractivity contribution in [3.8, 4) is 0 Å². The maximum atomic E-state index is 12.5. The van der Waals surface area contributed by atoms with Gasteiger partial charge in [-0.15, -0.1) is 0 Å². The SMILES string of the molecule is CC(=O)Nc1ccc(S(=O)(=O)NC2CCCCCC2)cc1C. The minimum Gasteiger partial charge on any atom is -0.326 e. The van der Waals surface area contributed by atoms with Crippen LogP contribution in [0.5, 0.6) is 0 Å². The first-order chi connectivity index (χ1) is 10.4. The number of rotatable bonds is 4. The Labute approximate surface area is 132 Å². The number of carbonyl (C=O) groups excluding carboxylic acids is 1. The van der Waals surface area contributed by atoms with Crippen molar-refractivity contribution < 1.29 is 13.2 Å². The van der Waals surface area contributed by atoms with E-state index < -0.39 is 10.0 Å². The van der Waals surface area contributed by atoms with Crippen molar-refractivity contribution in [3.63, 3.8) is 0 Å². The second kappa shape index (κ2) is 7.24. The van der Waals surface area contributed by atoms with Gasteiger partial charge < -0.3 is 5.32 Å². The number of anilines is 1. The molecule has 1 aromatic carbocycles. The zero-order valence-corrected chi connectivity index (χ0v) is 14.0. The Hall–Kier alpha value is -1.40. The fourth-order valence-electron chi connectivity index (χ4n) is 2.82. The molecule has 0 spiro atoms. The average Bonchev–Trinajstić information content (AvgIpc) is 2.68. The van der Waals surface area contributed by atoms with Gasteiger partial charge in [-0.05, 0) is 43.5 Å². The van der Waals surface area contributed by atoms with Gasteiger partial charge >= 0.3 is 0 Å². The molecule has 1 aromatic rings. The standard InChI is InChI=1S/C16H24N2O3S/c1-12-11-15(9-10-16(12)17-13(2)19)22(20,21)18-14-7-5-3-4-6-8-14/h9-11,14,18H,3-8H2,1-2H3,(H,17,19). The Morgan fingerprint density at radius 1 is 1.14 bits per heavy atom. The molecule has 0 unspecified atom stereocenters. The molecule has 1 saturated carbocycles. The molecule has 1 fully saturated rings. The van der Waals surface area contributed by atoms with Gasteiger partial charge in [0, 0.05) is 18.7 Å². The van der Waals surface area contributed by atoms with Gasteiger partial charge in [0.25, 0.3) is 0 Å². The Morgan fingerprint density at radius 3 is 2.32 bits per heavy atom. The third kappa shape index (κ3) is 4.55. The lowest BCUT2D eigenvalue weighted by Gasteiger charge is -2.17. The van der Waals surface area contributed by atoms with Crippen LogP contribution in [0.3, 0.4) is 0 Å². The van der Waals surface area contributed by atoms with E-state index in [1.807, 2.05) is 0 Å². The molecule has 0 radical (unpaired) electrons. The van der Waals surface area contributed by atoms with Crippen LogP contribution < -0.4 is 10.0 Å². The zero-order chi connectivity index (χ0) is 16.2. The predicted molar refractivity (Wildman–Crippen MR) is 87.3 cm³/mol. The Bertz CT molecular complexity index is 633. The molecule has 0 atom stereocenters. The molecular weight excluding hydrogens is 300 g/mol. The zero-order valence-electron chi connectivity index (χ0n) is 13.2. The lowest BCUT2D eigenvalue weighted by atomic mass is 10.1. The van der Waals surface area contributed by atoms with Crippen LogP contribution in [0.1, 0.15) is 51.0 Å². The van der Waals surface area contributed by atoms with Gasteiger partial charge in [-0.3, -0.25) is 4.79 Å². The van der Waals surface area contributed by atoms with Crippen LogP contribution in [0.4, 0.5) is 5.69 Å². The van der Waals surface area contributed by atoms with Crippen molar-refractivity contribution in [2.75, 3.05) is 5.32 Å². The van der Waals surface area contributed by atoms with Crippen LogP contribution in [0, 0.1) is 6.92 Å². The van der Waals surface area contributed by atoms with Gasteiger partial charge in [-0.25, -0.2) is 13.1 Å². The van der Waals surface area contributed by atoms with Crippen LogP contribution >= 0.6 is 0 Å². The van der Waals surface area contributed by atoms with E-state index in [0.29, 0.717) is 5.69 Å². The third-order valence-electron chi connectivity index (χ3n) is 4.00. The van der Waals surface area contributed by atoms with Crippen LogP contribution in [-0.2, 0) is 14.8 Å². The van der Waals surface area contributed by atoms with Crippen LogP contribution in [0.2, 0.25) is 0 Å². The Morgan fingerprint density at radius 2 is 1.77 bits per heavy atom. The number of nitrogens with one attached hydrogen (secondary N) is 2. The largest absolute Gasteiger partial charge is 0.326 e. The summed E-state index contributed by atoms with van der Waals surface area (Å²) in [5.74, 6) is -0.171. The van der Waals surface area contributed by atoms with Gasteiger partial charge in [0.05, 0.1) is 4.90 Å². The Kier molecular flexibility index (Phi) is 5.58. The quantitative estimate of drug-likeness (QED) is 0.836. The molecule has 1 amide bonds. The fourth-order valence-corrected chi connectivity index (χ4v) is 4.21. The van der Waals surface area contributed by atoms with Crippen molar-refractivity contribution in [1.29, 1.82) is 0 Å². The summed E-state index contributed by atoms with van der Waals surface area (Å²) in [4.78, 5) is 11.4. The molecule has 122 valence electrons. The first kappa shape index (κ1) is 17.0. The first-order valence-corrected chi connectivity index (χ1v) is 9.27. The minimum atomic E-state index is -3.51. The lowest BCUT2D eigenvalue weighted by molar-refractivity contribution is -0.114. The van der Waals surface area contributed by atoms with E-state index in [9.17, 15) is 13.2 Å². The van der Waals surface area contributed by atoms with Gasteiger partial charge in [-0.1, -0.05) is 25.7 Å². The predicted octanol–water partition coefficient (Wildman–Crippen LogP) is 2.95. The molecular formula is C16H24N2O3S. The van der Waals surface area contributed by atoms with Gasteiger partial charge in [-0.2, -0.15) is 0 Å². The Balaban J connectivity index is 2.14. The molecule has 0 saturated heterocycles. The highest BCUT2D eigenvalue weighted by Gasteiger charge is 2.21. The summed E-state index contributed by atoms with van der Waals surface area (Å²) in [5, 5.41) is 2.69. The number of hydrogen-bond donors (Lipinski definition) is 2. The van der Waals surface area contributed by atoms with E-state index in [4.69, 9.17) is 0 Å². The third-order valence-corrected chi connectivity index (χ3v) is 5.51. The second-order valence-corrected chi connectivity index (χ2v) is 7.68. The fraction of sp³-hybridized carbons (Fsp3) is 0.562. The summed E-state index contributed by atoms with van der Waals surface area (Å²) in [6.07, 6.45) is 6.33. The van der Waals surface area contributed by atoms with E-state index in [2.05, 4.69) is 10.0 Å².